The molecule has 0 bridgehead atoms. The molecule has 0 spiro atoms. The zero-order valence-electron chi connectivity index (χ0n) is 12.5. The lowest BCUT2D eigenvalue weighted by Crippen LogP contribution is -2.01. The normalized spacial score (nSPS) is 9.50. The Labute approximate surface area is 130 Å². The fourth-order valence-corrected chi connectivity index (χ4v) is 1.83. The number of esters is 1. The summed E-state index contributed by atoms with van der Waals surface area (Å²) in [5.41, 5.74) is 1.93. The van der Waals surface area contributed by atoms with Crippen LogP contribution in [0.1, 0.15) is 24.5 Å². The first kappa shape index (κ1) is 15.7. The monoisotopic (exact) mass is 294 g/mol. The largest absolute Gasteiger partial charge is 0.489 e. The number of carbonyl (C=O) groups excluding carboxylic acids is 1. The van der Waals surface area contributed by atoms with Crippen molar-refractivity contribution in [3.05, 3.63) is 65.7 Å². The summed E-state index contributed by atoms with van der Waals surface area (Å²) in [5.74, 6) is 6.21. The molecule has 0 radical (unpaired) electrons. The maximum atomic E-state index is 11.2. The van der Waals surface area contributed by atoms with Crippen molar-refractivity contribution in [2.24, 2.45) is 0 Å². The molecule has 0 saturated heterocycles. The van der Waals surface area contributed by atoms with Crippen LogP contribution in [0.5, 0.6) is 5.75 Å². The molecule has 0 aromatic heterocycles. The van der Waals surface area contributed by atoms with Crippen molar-refractivity contribution < 1.29 is 14.3 Å². The molecule has 0 aliphatic carbocycles. The molecule has 0 N–H and O–H groups in total. The number of carbonyl (C=O) groups is 1. The summed E-state index contributed by atoms with van der Waals surface area (Å²) in [6.45, 7) is 2.67. The zero-order chi connectivity index (χ0) is 15.6. The maximum absolute atomic E-state index is 11.2. The Kier molecular flexibility index (Phi) is 6.07. The topological polar surface area (TPSA) is 35.5 Å². The fraction of sp³-hybridized carbons (Fsp3) is 0.211. The number of ether oxygens (including phenoxy) is 2. The summed E-state index contributed by atoms with van der Waals surface area (Å²) in [6, 6.07) is 17.5. The van der Waals surface area contributed by atoms with Gasteiger partial charge in [0.15, 0.2) is 0 Å². The van der Waals surface area contributed by atoms with Crippen LogP contribution in [0, 0.1) is 11.8 Å². The summed E-state index contributed by atoms with van der Waals surface area (Å²) in [4.78, 5) is 11.2. The number of rotatable bonds is 5. The van der Waals surface area contributed by atoms with E-state index in [0.29, 0.717) is 13.2 Å². The zero-order valence-corrected chi connectivity index (χ0v) is 12.5. The predicted octanol–water partition coefficient (Wildman–Crippen LogP) is 3.57. The van der Waals surface area contributed by atoms with Crippen molar-refractivity contribution in [2.45, 2.75) is 20.0 Å². The molecular formula is C19H18O3. The average molecular weight is 294 g/mol. The van der Waals surface area contributed by atoms with Gasteiger partial charge in [0.05, 0.1) is 6.61 Å². The van der Waals surface area contributed by atoms with E-state index in [1.807, 2.05) is 54.6 Å². The van der Waals surface area contributed by atoms with E-state index in [4.69, 9.17) is 9.47 Å². The van der Waals surface area contributed by atoms with E-state index in [1.54, 1.807) is 6.92 Å². The molecule has 0 amide bonds. The predicted molar refractivity (Wildman–Crippen MR) is 85.3 cm³/mol. The second-order valence-corrected chi connectivity index (χ2v) is 4.59. The molecular weight excluding hydrogens is 276 g/mol. The highest BCUT2D eigenvalue weighted by Crippen LogP contribution is 2.14. The van der Waals surface area contributed by atoms with Gasteiger partial charge in [-0.05, 0) is 30.7 Å². The summed E-state index contributed by atoms with van der Waals surface area (Å²) < 4.78 is 10.6. The standard InChI is InChI=1S/C19H18O3/c1-2-21-19(20)13-7-11-16-10-6-12-18(14-16)22-15-17-8-4-3-5-9-17/h3-6,8-10,12,14H,2,13,15H2,1H3. The molecule has 2 aromatic carbocycles. The highest BCUT2D eigenvalue weighted by atomic mass is 16.5. The molecule has 3 heteroatoms. The molecule has 0 saturated carbocycles. The minimum absolute atomic E-state index is 0.100. The molecule has 0 fully saturated rings. The van der Waals surface area contributed by atoms with Crippen molar-refractivity contribution >= 4 is 5.97 Å². The van der Waals surface area contributed by atoms with Gasteiger partial charge in [-0.1, -0.05) is 48.2 Å². The van der Waals surface area contributed by atoms with Crippen LogP contribution in [-0.2, 0) is 16.1 Å². The van der Waals surface area contributed by atoms with Crippen molar-refractivity contribution in [1.82, 2.24) is 0 Å². The van der Waals surface area contributed by atoms with Crippen LogP contribution >= 0.6 is 0 Å². The van der Waals surface area contributed by atoms with E-state index in [9.17, 15) is 4.79 Å². The Morgan fingerprint density at radius 2 is 1.91 bits per heavy atom. The number of hydrogen-bond donors (Lipinski definition) is 0. The molecule has 0 unspecified atom stereocenters. The third-order valence-corrected chi connectivity index (χ3v) is 2.85. The van der Waals surface area contributed by atoms with Gasteiger partial charge in [-0.15, -0.1) is 0 Å². The molecule has 22 heavy (non-hydrogen) atoms. The average Bonchev–Trinajstić information content (AvgIpc) is 2.55. The molecule has 112 valence electrons. The van der Waals surface area contributed by atoms with E-state index < -0.39 is 0 Å². The highest BCUT2D eigenvalue weighted by Gasteiger charge is 1.98. The van der Waals surface area contributed by atoms with E-state index in [0.717, 1.165) is 16.9 Å². The van der Waals surface area contributed by atoms with Gasteiger partial charge < -0.3 is 9.47 Å². The van der Waals surface area contributed by atoms with Gasteiger partial charge in [0.2, 0.25) is 0 Å². The minimum atomic E-state index is -0.300. The first-order valence-corrected chi connectivity index (χ1v) is 7.19. The molecule has 0 atom stereocenters. The third-order valence-electron chi connectivity index (χ3n) is 2.85. The fourth-order valence-electron chi connectivity index (χ4n) is 1.83. The summed E-state index contributed by atoms with van der Waals surface area (Å²) in [7, 11) is 0. The van der Waals surface area contributed by atoms with Crippen molar-refractivity contribution in [1.29, 1.82) is 0 Å². The molecule has 0 aliphatic rings. The Morgan fingerprint density at radius 3 is 2.68 bits per heavy atom. The first-order valence-electron chi connectivity index (χ1n) is 7.19. The van der Waals surface area contributed by atoms with Crippen LogP contribution in [-0.4, -0.2) is 12.6 Å². The van der Waals surface area contributed by atoms with Crippen LogP contribution in [0.15, 0.2) is 54.6 Å². The highest BCUT2D eigenvalue weighted by molar-refractivity contribution is 5.72. The lowest BCUT2D eigenvalue weighted by Gasteiger charge is -2.06. The quantitative estimate of drug-likeness (QED) is 0.624. The van der Waals surface area contributed by atoms with Gasteiger partial charge in [-0.2, -0.15) is 0 Å². The second kappa shape index (κ2) is 8.53. The van der Waals surface area contributed by atoms with E-state index in [1.165, 1.54) is 0 Å². The second-order valence-electron chi connectivity index (χ2n) is 4.59. The molecule has 2 aromatic rings. The molecule has 0 aliphatic heterocycles. The summed E-state index contributed by atoms with van der Waals surface area (Å²) in [6.07, 6.45) is 0.100. The van der Waals surface area contributed by atoms with Crippen molar-refractivity contribution in [3.8, 4) is 17.6 Å². The third kappa shape index (κ3) is 5.34. The number of hydrogen-bond acceptors (Lipinski definition) is 3. The van der Waals surface area contributed by atoms with E-state index in [2.05, 4.69) is 11.8 Å². The Morgan fingerprint density at radius 1 is 1.09 bits per heavy atom. The summed E-state index contributed by atoms with van der Waals surface area (Å²) in [5, 5.41) is 0. The van der Waals surface area contributed by atoms with E-state index >= 15 is 0 Å². The maximum Gasteiger partial charge on any atom is 0.317 e. The van der Waals surface area contributed by atoms with E-state index in [-0.39, 0.29) is 12.4 Å². The van der Waals surface area contributed by atoms with Crippen LogP contribution < -0.4 is 4.74 Å². The van der Waals surface area contributed by atoms with Gasteiger partial charge in [-0.25, -0.2) is 0 Å². The van der Waals surface area contributed by atoms with Gasteiger partial charge in [0, 0.05) is 5.56 Å². The first-order chi connectivity index (χ1) is 10.8. The van der Waals surface area contributed by atoms with Gasteiger partial charge in [0.25, 0.3) is 0 Å². The molecule has 2 rings (SSSR count). The smallest absolute Gasteiger partial charge is 0.317 e. The number of benzene rings is 2. The van der Waals surface area contributed by atoms with Crippen LogP contribution in [0.3, 0.4) is 0 Å². The van der Waals surface area contributed by atoms with Gasteiger partial charge >= 0.3 is 5.97 Å². The van der Waals surface area contributed by atoms with Crippen LogP contribution in [0.25, 0.3) is 0 Å². The van der Waals surface area contributed by atoms with Crippen molar-refractivity contribution in [3.63, 3.8) is 0 Å². The van der Waals surface area contributed by atoms with Gasteiger partial charge in [0.1, 0.15) is 18.8 Å². The van der Waals surface area contributed by atoms with Crippen LogP contribution in [0.2, 0.25) is 0 Å². The SMILES string of the molecule is CCOC(=O)CC#Cc1cccc(OCc2ccccc2)c1. The Hall–Kier alpha value is -2.73. The lowest BCUT2D eigenvalue weighted by molar-refractivity contribution is -0.141. The molecule has 3 nitrogen and oxygen atoms in total. The Balaban J connectivity index is 1.92. The molecule has 0 heterocycles. The minimum Gasteiger partial charge on any atom is -0.489 e. The lowest BCUT2D eigenvalue weighted by atomic mass is 10.2. The van der Waals surface area contributed by atoms with Gasteiger partial charge in [-0.3, -0.25) is 4.79 Å². The van der Waals surface area contributed by atoms with Crippen molar-refractivity contribution in [2.75, 3.05) is 6.61 Å². The summed E-state index contributed by atoms with van der Waals surface area (Å²) >= 11 is 0. The Bertz CT molecular complexity index is 666. The van der Waals surface area contributed by atoms with Crippen LogP contribution in [0.4, 0.5) is 0 Å².